The Morgan fingerprint density at radius 2 is 2.00 bits per heavy atom. The number of nitrogens with one attached hydrogen (secondary N) is 1. The number of hydrogen-bond donors (Lipinski definition) is 2. The molecule has 1 aliphatic heterocycles. The first kappa shape index (κ1) is 10.7. The van der Waals surface area contributed by atoms with Crippen molar-refractivity contribution in [2.45, 2.75) is 31.8 Å². The SMILES string of the molecule is OC[C@@H]1CCCC[NH+]1Cc1ccccc1. The lowest BCUT2D eigenvalue weighted by atomic mass is 10.0. The van der Waals surface area contributed by atoms with Gasteiger partial charge in [-0.15, -0.1) is 0 Å². The van der Waals surface area contributed by atoms with Crippen molar-refractivity contribution in [3.63, 3.8) is 0 Å². The van der Waals surface area contributed by atoms with Crippen molar-refractivity contribution >= 4 is 0 Å². The second kappa shape index (κ2) is 5.29. The van der Waals surface area contributed by atoms with Crippen LogP contribution in [0.25, 0.3) is 0 Å². The Hall–Kier alpha value is -0.860. The lowest BCUT2D eigenvalue weighted by Crippen LogP contribution is -3.15. The highest BCUT2D eigenvalue weighted by molar-refractivity contribution is 5.13. The Labute approximate surface area is 91.5 Å². The maximum Gasteiger partial charge on any atom is 0.111 e. The van der Waals surface area contributed by atoms with Crippen molar-refractivity contribution < 1.29 is 10.0 Å². The molecule has 0 aliphatic carbocycles. The van der Waals surface area contributed by atoms with E-state index in [0.717, 1.165) is 6.54 Å². The Kier molecular flexibility index (Phi) is 3.75. The van der Waals surface area contributed by atoms with E-state index in [9.17, 15) is 5.11 Å². The maximum absolute atomic E-state index is 9.32. The van der Waals surface area contributed by atoms with Crippen LogP contribution in [-0.2, 0) is 6.54 Å². The zero-order chi connectivity index (χ0) is 10.5. The van der Waals surface area contributed by atoms with E-state index in [1.807, 2.05) is 0 Å². The number of benzene rings is 1. The number of aliphatic hydroxyl groups is 1. The largest absolute Gasteiger partial charge is 0.390 e. The summed E-state index contributed by atoms with van der Waals surface area (Å²) in [7, 11) is 0. The summed E-state index contributed by atoms with van der Waals surface area (Å²) in [4.78, 5) is 1.55. The van der Waals surface area contributed by atoms with E-state index in [2.05, 4.69) is 30.3 Å². The van der Waals surface area contributed by atoms with E-state index >= 15 is 0 Å². The Morgan fingerprint density at radius 1 is 1.20 bits per heavy atom. The molecular weight excluding hydrogens is 186 g/mol. The smallest absolute Gasteiger partial charge is 0.111 e. The lowest BCUT2D eigenvalue weighted by Gasteiger charge is -2.31. The number of hydrogen-bond acceptors (Lipinski definition) is 1. The Balaban J connectivity index is 1.97. The zero-order valence-corrected chi connectivity index (χ0v) is 9.15. The molecule has 1 fully saturated rings. The minimum absolute atomic E-state index is 0.335. The number of likely N-dealkylation sites (tertiary alicyclic amines) is 1. The molecule has 0 saturated carbocycles. The van der Waals surface area contributed by atoms with Crippen LogP contribution in [-0.4, -0.2) is 24.3 Å². The van der Waals surface area contributed by atoms with Crippen LogP contribution >= 0.6 is 0 Å². The van der Waals surface area contributed by atoms with Gasteiger partial charge in [-0.1, -0.05) is 30.3 Å². The molecule has 1 saturated heterocycles. The van der Waals surface area contributed by atoms with Crippen LogP contribution in [0.5, 0.6) is 0 Å². The molecule has 2 rings (SSSR count). The molecule has 1 heterocycles. The standard InChI is InChI=1S/C13H19NO/c15-11-13-8-4-5-9-14(13)10-12-6-2-1-3-7-12/h1-3,6-7,13,15H,4-5,8-11H2/p+1/t13-/m0/s1. The summed E-state index contributed by atoms with van der Waals surface area (Å²) in [5.74, 6) is 0. The van der Waals surface area contributed by atoms with E-state index in [4.69, 9.17) is 0 Å². The van der Waals surface area contributed by atoms with Crippen LogP contribution in [0, 0.1) is 0 Å². The number of quaternary nitrogens is 1. The van der Waals surface area contributed by atoms with Crippen molar-refractivity contribution in [3.8, 4) is 0 Å². The highest BCUT2D eigenvalue weighted by Crippen LogP contribution is 2.04. The quantitative estimate of drug-likeness (QED) is 0.744. The molecule has 82 valence electrons. The van der Waals surface area contributed by atoms with Crippen molar-refractivity contribution in [1.29, 1.82) is 0 Å². The summed E-state index contributed by atoms with van der Waals surface area (Å²) in [6.45, 7) is 2.61. The normalized spacial score (nSPS) is 26.5. The van der Waals surface area contributed by atoms with Gasteiger partial charge in [0.2, 0.25) is 0 Å². The average molecular weight is 206 g/mol. The summed E-state index contributed by atoms with van der Waals surface area (Å²) in [5, 5.41) is 9.32. The van der Waals surface area contributed by atoms with Crippen molar-refractivity contribution in [2.24, 2.45) is 0 Å². The van der Waals surface area contributed by atoms with Gasteiger partial charge in [0.1, 0.15) is 12.6 Å². The first-order chi connectivity index (χ1) is 7.40. The number of rotatable bonds is 3. The molecule has 2 atom stereocenters. The van der Waals surface area contributed by atoms with Gasteiger partial charge in [-0.3, -0.25) is 0 Å². The van der Waals surface area contributed by atoms with Gasteiger partial charge in [-0.05, 0) is 12.8 Å². The molecule has 0 aromatic heterocycles. The average Bonchev–Trinajstić information content (AvgIpc) is 2.31. The lowest BCUT2D eigenvalue weighted by molar-refractivity contribution is -0.944. The molecular formula is C13H20NO+. The first-order valence-electron chi connectivity index (χ1n) is 5.89. The minimum Gasteiger partial charge on any atom is -0.390 e. The van der Waals surface area contributed by atoms with Gasteiger partial charge in [0, 0.05) is 12.0 Å². The Morgan fingerprint density at radius 3 is 2.73 bits per heavy atom. The predicted octanol–water partition coefficient (Wildman–Crippen LogP) is 0.616. The molecule has 1 aromatic carbocycles. The van der Waals surface area contributed by atoms with Crippen molar-refractivity contribution in [2.75, 3.05) is 13.2 Å². The third-order valence-electron chi connectivity index (χ3n) is 3.37. The first-order valence-corrected chi connectivity index (χ1v) is 5.89. The van der Waals surface area contributed by atoms with E-state index < -0.39 is 0 Å². The summed E-state index contributed by atoms with van der Waals surface area (Å²) in [6.07, 6.45) is 3.76. The molecule has 15 heavy (non-hydrogen) atoms. The van der Waals surface area contributed by atoms with E-state index in [0.29, 0.717) is 12.6 Å². The molecule has 2 nitrogen and oxygen atoms in total. The van der Waals surface area contributed by atoms with Crippen LogP contribution < -0.4 is 4.90 Å². The topological polar surface area (TPSA) is 24.7 Å². The van der Waals surface area contributed by atoms with E-state index in [-0.39, 0.29) is 0 Å². The number of piperidine rings is 1. The highest BCUT2D eigenvalue weighted by atomic mass is 16.3. The number of aliphatic hydroxyl groups excluding tert-OH is 1. The highest BCUT2D eigenvalue weighted by Gasteiger charge is 2.24. The van der Waals surface area contributed by atoms with E-state index in [1.165, 1.54) is 31.4 Å². The molecule has 0 spiro atoms. The third kappa shape index (κ3) is 2.80. The maximum atomic E-state index is 9.32. The molecule has 0 bridgehead atoms. The summed E-state index contributed by atoms with van der Waals surface area (Å²) in [5.41, 5.74) is 1.38. The second-order valence-corrected chi connectivity index (χ2v) is 4.45. The Bertz CT molecular complexity index is 286. The molecule has 1 aliphatic rings. The van der Waals surface area contributed by atoms with Gasteiger partial charge in [-0.2, -0.15) is 0 Å². The van der Waals surface area contributed by atoms with Crippen molar-refractivity contribution in [1.82, 2.24) is 0 Å². The monoisotopic (exact) mass is 206 g/mol. The van der Waals surface area contributed by atoms with Crippen LogP contribution in [0.2, 0.25) is 0 Å². The predicted molar refractivity (Wildman–Crippen MR) is 60.7 cm³/mol. The van der Waals surface area contributed by atoms with Crippen LogP contribution in [0.4, 0.5) is 0 Å². The van der Waals surface area contributed by atoms with Crippen molar-refractivity contribution in [3.05, 3.63) is 35.9 Å². The summed E-state index contributed by atoms with van der Waals surface area (Å²) in [6, 6.07) is 11.0. The van der Waals surface area contributed by atoms with Crippen LogP contribution in [0.1, 0.15) is 24.8 Å². The van der Waals surface area contributed by atoms with Crippen LogP contribution in [0.3, 0.4) is 0 Å². The molecule has 2 heteroatoms. The molecule has 1 unspecified atom stereocenters. The van der Waals surface area contributed by atoms with Gasteiger partial charge in [0.15, 0.2) is 0 Å². The van der Waals surface area contributed by atoms with Gasteiger partial charge < -0.3 is 10.0 Å². The molecule has 2 N–H and O–H groups in total. The van der Waals surface area contributed by atoms with Gasteiger partial charge >= 0.3 is 0 Å². The molecule has 0 amide bonds. The van der Waals surface area contributed by atoms with Crippen LogP contribution in [0.15, 0.2) is 30.3 Å². The molecule has 0 radical (unpaired) electrons. The van der Waals surface area contributed by atoms with Gasteiger partial charge in [0.05, 0.1) is 13.2 Å². The summed E-state index contributed by atoms with van der Waals surface area (Å²) >= 11 is 0. The van der Waals surface area contributed by atoms with Gasteiger partial charge in [0.25, 0.3) is 0 Å². The summed E-state index contributed by atoms with van der Waals surface area (Å²) < 4.78 is 0. The van der Waals surface area contributed by atoms with E-state index in [1.54, 1.807) is 4.90 Å². The van der Waals surface area contributed by atoms with Gasteiger partial charge in [-0.25, -0.2) is 0 Å². The fraction of sp³-hybridized carbons (Fsp3) is 0.538. The molecule has 1 aromatic rings. The third-order valence-corrected chi connectivity index (χ3v) is 3.37. The zero-order valence-electron chi connectivity index (χ0n) is 9.15. The fourth-order valence-corrected chi connectivity index (χ4v) is 2.46. The fourth-order valence-electron chi connectivity index (χ4n) is 2.46. The minimum atomic E-state index is 0.335. The second-order valence-electron chi connectivity index (χ2n) is 4.45.